The molecular formula is C12H17NO3. The third-order valence-electron chi connectivity index (χ3n) is 3.16. The van der Waals surface area contributed by atoms with Gasteiger partial charge in [-0.15, -0.1) is 0 Å². The van der Waals surface area contributed by atoms with E-state index in [0.29, 0.717) is 6.42 Å². The molecule has 0 amide bonds. The van der Waals surface area contributed by atoms with E-state index in [0.717, 1.165) is 30.6 Å². The predicted octanol–water partition coefficient (Wildman–Crippen LogP) is 2.11. The summed E-state index contributed by atoms with van der Waals surface area (Å²) < 4.78 is 5.37. The van der Waals surface area contributed by atoms with E-state index in [4.69, 9.17) is 9.52 Å². The van der Waals surface area contributed by atoms with Crippen LogP contribution in [0.1, 0.15) is 43.6 Å². The molecule has 1 aliphatic carbocycles. The van der Waals surface area contributed by atoms with Crippen LogP contribution in [0.25, 0.3) is 0 Å². The second-order valence-electron chi connectivity index (χ2n) is 4.21. The van der Waals surface area contributed by atoms with E-state index in [2.05, 4.69) is 5.32 Å². The van der Waals surface area contributed by atoms with E-state index in [-0.39, 0.29) is 6.04 Å². The minimum atomic E-state index is -0.780. The second kappa shape index (κ2) is 4.70. The van der Waals surface area contributed by atoms with Crippen molar-refractivity contribution in [2.45, 2.75) is 44.7 Å². The molecule has 1 aromatic heterocycles. The molecular weight excluding hydrogens is 206 g/mol. The standard InChI is InChI=1S/C12H17NO3/c1-2-9(12(14)15)13-10-4-3-5-11-8(10)6-7-16-11/h6-7,9-10,13H,2-5H2,1H3,(H,14,15). The van der Waals surface area contributed by atoms with Crippen LogP contribution in [0.5, 0.6) is 0 Å². The van der Waals surface area contributed by atoms with Crippen LogP contribution in [0.3, 0.4) is 0 Å². The Bertz CT molecular complexity index is 372. The van der Waals surface area contributed by atoms with Crippen molar-refractivity contribution in [3.05, 3.63) is 23.7 Å². The molecule has 0 aromatic carbocycles. The fraction of sp³-hybridized carbons (Fsp3) is 0.583. The zero-order chi connectivity index (χ0) is 11.5. The maximum absolute atomic E-state index is 11.0. The van der Waals surface area contributed by atoms with Gasteiger partial charge < -0.3 is 9.52 Å². The van der Waals surface area contributed by atoms with E-state index >= 15 is 0 Å². The van der Waals surface area contributed by atoms with Crippen LogP contribution in [0.4, 0.5) is 0 Å². The normalized spacial score (nSPS) is 21.4. The predicted molar refractivity (Wildman–Crippen MR) is 59.2 cm³/mol. The Hall–Kier alpha value is -1.29. The number of rotatable bonds is 4. The monoisotopic (exact) mass is 223 g/mol. The van der Waals surface area contributed by atoms with Crippen molar-refractivity contribution in [2.24, 2.45) is 0 Å². The zero-order valence-corrected chi connectivity index (χ0v) is 9.40. The Morgan fingerprint density at radius 3 is 3.25 bits per heavy atom. The van der Waals surface area contributed by atoms with Crippen molar-refractivity contribution in [2.75, 3.05) is 0 Å². The first-order valence-electron chi connectivity index (χ1n) is 5.77. The topological polar surface area (TPSA) is 62.5 Å². The molecule has 2 unspecified atom stereocenters. The summed E-state index contributed by atoms with van der Waals surface area (Å²) in [5.74, 6) is 0.224. The van der Waals surface area contributed by atoms with Gasteiger partial charge in [-0.2, -0.15) is 0 Å². The van der Waals surface area contributed by atoms with Gasteiger partial charge in [-0.25, -0.2) is 0 Å². The first-order valence-corrected chi connectivity index (χ1v) is 5.77. The fourth-order valence-electron chi connectivity index (χ4n) is 2.27. The van der Waals surface area contributed by atoms with Crippen LogP contribution in [0.2, 0.25) is 0 Å². The van der Waals surface area contributed by atoms with Gasteiger partial charge in [0, 0.05) is 18.0 Å². The summed E-state index contributed by atoms with van der Waals surface area (Å²) in [6, 6.07) is 1.61. The molecule has 1 heterocycles. The minimum Gasteiger partial charge on any atom is -0.480 e. The minimum absolute atomic E-state index is 0.128. The van der Waals surface area contributed by atoms with Gasteiger partial charge >= 0.3 is 5.97 Å². The van der Waals surface area contributed by atoms with Gasteiger partial charge in [0.05, 0.1) is 6.26 Å². The first kappa shape index (κ1) is 11.2. The summed E-state index contributed by atoms with van der Waals surface area (Å²) in [6.45, 7) is 1.88. The molecule has 0 fully saturated rings. The maximum atomic E-state index is 11.0. The van der Waals surface area contributed by atoms with Crippen molar-refractivity contribution in [1.82, 2.24) is 5.32 Å². The summed E-state index contributed by atoms with van der Waals surface area (Å²) in [4.78, 5) is 11.0. The van der Waals surface area contributed by atoms with Gasteiger partial charge in [0.25, 0.3) is 0 Å². The third kappa shape index (κ3) is 2.11. The lowest BCUT2D eigenvalue weighted by Crippen LogP contribution is -2.39. The van der Waals surface area contributed by atoms with E-state index in [1.807, 2.05) is 13.0 Å². The average molecular weight is 223 g/mol. The highest BCUT2D eigenvalue weighted by Crippen LogP contribution is 2.30. The Morgan fingerprint density at radius 2 is 2.56 bits per heavy atom. The highest BCUT2D eigenvalue weighted by Gasteiger charge is 2.26. The van der Waals surface area contributed by atoms with Crippen molar-refractivity contribution >= 4 is 5.97 Å². The Labute approximate surface area is 94.6 Å². The lowest BCUT2D eigenvalue weighted by molar-refractivity contribution is -0.139. The fourth-order valence-corrected chi connectivity index (χ4v) is 2.27. The molecule has 4 nitrogen and oxygen atoms in total. The van der Waals surface area contributed by atoms with Gasteiger partial charge in [0.1, 0.15) is 11.8 Å². The largest absolute Gasteiger partial charge is 0.480 e. The van der Waals surface area contributed by atoms with E-state index < -0.39 is 12.0 Å². The molecule has 0 saturated carbocycles. The highest BCUT2D eigenvalue weighted by molar-refractivity contribution is 5.73. The van der Waals surface area contributed by atoms with Crippen LogP contribution >= 0.6 is 0 Å². The lowest BCUT2D eigenvalue weighted by Gasteiger charge is -2.25. The summed E-state index contributed by atoms with van der Waals surface area (Å²) in [5, 5.41) is 12.2. The Kier molecular flexibility index (Phi) is 3.29. The van der Waals surface area contributed by atoms with Gasteiger partial charge in [0.2, 0.25) is 0 Å². The highest BCUT2D eigenvalue weighted by atomic mass is 16.4. The number of furan rings is 1. The average Bonchev–Trinajstić information content (AvgIpc) is 2.73. The van der Waals surface area contributed by atoms with Crippen LogP contribution < -0.4 is 5.32 Å². The molecule has 2 rings (SSSR count). The van der Waals surface area contributed by atoms with Crippen molar-refractivity contribution < 1.29 is 14.3 Å². The Balaban J connectivity index is 2.10. The summed E-state index contributed by atoms with van der Waals surface area (Å²) in [7, 11) is 0. The van der Waals surface area contributed by atoms with Crippen LogP contribution in [0, 0.1) is 0 Å². The molecule has 0 aliphatic heterocycles. The maximum Gasteiger partial charge on any atom is 0.320 e. The molecule has 16 heavy (non-hydrogen) atoms. The number of carbonyl (C=O) groups is 1. The summed E-state index contributed by atoms with van der Waals surface area (Å²) in [5.41, 5.74) is 1.13. The van der Waals surface area contributed by atoms with E-state index in [9.17, 15) is 4.79 Å². The van der Waals surface area contributed by atoms with Gasteiger partial charge in [-0.3, -0.25) is 10.1 Å². The summed E-state index contributed by atoms with van der Waals surface area (Å²) >= 11 is 0. The number of carboxylic acids is 1. The molecule has 2 atom stereocenters. The van der Waals surface area contributed by atoms with E-state index in [1.165, 1.54) is 0 Å². The van der Waals surface area contributed by atoms with E-state index in [1.54, 1.807) is 6.26 Å². The number of nitrogens with one attached hydrogen (secondary N) is 1. The van der Waals surface area contributed by atoms with Crippen molar-refractivity contribution in [3.63, 3.8) is 0 Å². The number of hydrogen-bond acceptors (Lipinski definition) is 3. The molecule has 0 bridgehead atoms. The number of carboxylic acid groups (broad SMARTS) is 1. The van der Waals surface area contributed by atoms with Gasteiger partial charge in [-0.05, 0) is 25.3 Å². The lowest BCUT2D eigenvalue weighted by atomic mass is 9.92. The number of hydrogen-bond donors (Lipinski definition) is 2. The quantitative estimate of drug-likeness (QED) is 0.820. The molecule has 0 saturated heterocycles. The molecule has 4 heteroatoms. The van der Waals surface area contributed by atoms with Gasteiger partial charge in [-0.1, -0.05) is 6.92 Å². The van der Waals surface area contributed by atoms with Crippen LogP contribution in [-0.2, 0) is 11.2 Å². The number of fused-ring (bicyclic) bond motifs is 1. The molecule has 2 N–H and O–H groups in total. The molecule has 0 radical (unpaired) electrons. The zero-order valence-electron chi connectivity index (χ0n) is 9.40. The summed E-state index contributed by atoms with van der Waals surface area (Å²) in [6.07, 6.45) is 5.28. The van der Waals surface area contributed by atoms with Crippen molar-refractivity contribution in [3.8, 4) is 0 Å². The molecule has 1 aliphatic rings. The number of aryl methyl sites for hydroxylation is 1. The molecule has 1 aromatic rings. The number of aliphatic carboxylic acids is 1. The Morgan fingerprint density at radius 1 is 1.75 bits per heavy atom. The van der Waals surface area contributed by atoms with Gasteiger partial charge in [0.15, 0.2) is 0 Å². The smallest absolute Gasteiger partial charge is 0.320 e. The third-order valence-corrected chi connectivity index (χ3v) is 3.16. The van der Waals surface area contributed by atoms with Crippen LogP contribution in [0.15, 0.2) is 16.7 Å². The first-order chi connectivity index (χ1) is 7.72. The van der Waals surface area contributed by atoms with Crippen LogP contribution in [-0.4, -0.2) is 17.1 Å². The SMILES string of the molecule is CCC(NC1CCCc2occc21)C(=O)O. The molecule has 0 spiro atoms. The van der Waals surface area contributed by atoms with Crippen molar-refractivity contribution in [1.29, 1.82) is 0 Å². The molecule has 88 valence electrons. The second-order valence-corrected chi connectivity index (χ2v) is 4.21.